The number of fused-ring (bicyclic) bond motifs is 1. The third-order valence-corrected chi connectivity index (χ3v) is 3.04. The van der Waals surface area contributed by atoms with Gasteiger partial charge in [0.05, 0.1) is 26.4 Å². The molecule has 17 heavy (non-hydrogen) atoms. The molecule has 0 saturated heterocycles. The van der Waals surface area contributed by atoms with Crippen LogP contribution in [-0.4, -0.2) is 40.7 Å². The first-order valence-corrected chi connectivity index (χ1v) is 6.13. The SMILES string of the molecule is CCOC(=O)c1c(Br)nn2c1OCC(CO)C2. The van der Waals surface area contributed by atoms with E-state index in [0.717, 1.165) is 0 Å². The van der Waals surface area contributed by atoms with Crippen LogP contribution in [0, 0.1) is 5.92 Å². The third kappa shape index (κ3) is 2.30. The highest BCUT2D eigenvalue weighted by Gasteiger charge is 2.30. The fraction of sp³-hybridized carbons (Fsp3) is 0.600. The molecule has 1 aromatic rings. The summed E-state index contributed by atoms with van der Waals surface area (Å²) in [5.74, 6) is -0.0487. The van der Waals surface area contributed by atoms with Gasteiger partial charge in [0.2, 0.25) is 5.88 Å². The van der Waals surface area contributed by atoms with Crippen LogP contribution >= 0.6 is 15.9 Å². The molecule has 1 aliphatic heterocycles. The molecule has 2 heterocycles. The molecule has 1 aromatic heterocycles. The van der Waals surface area contributed by atoms with Gasteiger partial charge in [-0.2, -0.15) is 5.10 Å². The molecule has 0 spiro atoms. The molecular formula is C10H13BrN2O4. The Balaban J connectivity index is 2.30. The van der Waals surface area contributed by atoms with Gasteiger partial charge < -0.3 is 14.6 Å². The quantitative estimate of drug-likeness (QED) is 0.837. The lowest BCUT2D eigenvalue weighted by molar-refractivity contribution is 0.0511. The van der Waals surface area contributed by atoms with Crippen LogP contribution in [0.1, 0.15) is 17.3 Å². The summed E-state index contributed by atoms with van der Waals surface area (Å²) in [5, 5.41) is 13.2. The zero-order valence-corrected chi connectivity index (χ0v) is 10.9. The number of hydrogen-bond acceptors (Lipinski definition) is 5. The Morgan fingerprint density at radius 1 is 1.76 bits per heavy atom. The molecule has 0 aromatic carbocycles. The number of carbonyl (C=O) groups is 1. The molecule has 1 N–H and O–H groups in total. The first-order chi connectivity index (χ1) is 8.17. The minimum absolute atomic E-state index is 0.00402. The summed E-state index contributed by atoms with van der Waals surface area (Å²) in [6.45, 7) is 2.98. The van der Waals surface area contributed by atoms with Crippen molar-refractivity contribution < 1.29 is 19.4 Å². The van der Waals surface area contributed by atoms with Gasteiger partial charge in [-0.25, -0.2) is 9.48 Å². The molecule has 0 aliphatic carbocycles. The van der Waals surface area contributed by atoms with Gasteiger partial charge >= 0.3 is 5.97 Å². The van der Waals surface area contributed by atoms with E-state index in [2.05, 4.69) is 21.0 Å². The molecule has 2 rings (SSSR count). The van der Waals surface area contributed by atoms with Crippen molar-refractivity contribution in [2.24, 2.45) is 5.92 Å². The van der Waals surface area contributed by atoms with Crippen LogP contribution < -0.4 is 4.74 Å². The lowest BCUT2D eigenvalue weighted by atomic mass is 10.1. The minimum Gasteiger partial charge on any atom is -0.477 e. The standard InChI is InChI=1S/C10H13BrN2O4/c1-2-16-10(15)7-8(11)12-13-3-6(4-14)5-17-9(7)13/h6,14H,2-5H2,1H3. The van der Waals surface area contributed by atoms with Gasteiger partial charge in [0.1, 0.15) is 4.60 Å². The topological polar surface area (TPSA) is 73.6 Å². The highest BCUT2D eigenvalue weighted by molar-refractivity contribution is 9.10. The summed E-state index contributed by atoms with van der Waals surface area (Å²) >= 11 is 3.21. The van der Waals surface area contributed by atoms with E-state index in [9.17, 15) is 4.79 Å². The number of hydrogen-bond donors (Lipinski definition) is 1. The summed E-state index contributed by atoms with van der Waals surface area (Å²) in [7, 11) is 0. The number of halogens is 1. The Labute approximate surface area is 107 Å². The predicted molar refractivity (Wildman–Crippen MR) is 62.0 cm³/mol. The second-order valence-corrected chi connectivity index (χ2v) is 4.48. The molecule has 94 valence electrons. The molecule has 1 aliphatic rings. The van der Waals surface area contributed by atoms with E-state index in [1.165, 1.54) is 0 Å². The maximum Gasteiger partial charge on any atom is 0.346 e. The van der Waals surface area contributed by atoms with Crippen molar-refractivity contribution in [2.75, 3.05) is 19.8 Å². The highest BCUT2D eigenvalue weighted by Crippen LogP contribution is 2.31. The van der Waals surface area contributed by atoms with Crippen LogP contribution in [0.25, 0.3) is 0 Å². The van der Waals surface area contributed by atoms with Gasteiger partial charge in [0, 0.05) is 5.92 Å². The zero-order valence-electron chi connectivity index (χ0n) is 9.35. The maximum atomic E-state index is 11.7. The molecule has 0 amide bonds. The van der Waals surface area contributed by atoms with E-state index in [1.807, 2.05) is 0 Å². The summed E-state index contributed by atoms with van der Waals surface area (Å²) in [5.41, 5.74) is 0.309. The highest BCUT2D eigenvalue weighted by atomic mass is 79.9. The monoisotopic (exact) mass is 304 g/mol. The summed E-state index contributed by atoms with van der Waals surface area (Å²) < 4.78 is 12.4. The molecule has 1 unspecified atom stereocenters. The number of esters is 1. The Hall–Kier alpha value is -1.08. The largest absolute Gasteiger partial charge is 0.477 e. The van der Waals surface area contributed by atoms with Crippen molar-refractivity contribution in [1.29, 1.82) is 0 Å². The van der Waals surface area contributed by atoms with Crippen molar-refractivity contribution in [1.82, 2.24) is 9.78 Å². The van der Waals surface area contributed by atoms with Crippen molar-refractivity contribution >= 4 is 21.9 Å². The molecule has 0 fully saturated rings. The van der Waals surface area contributed by atoms with E-state index >= 15 is 0 Å². The van der Waals surface area contributed by atoms with Crippen LogP contribution in [0.2, 0.25) is 0 Å². The van der Waals surface area contributed by atoms with Crippen molar-refractivity contribution in [3.05, 3.63) is 10.2 Å². The van der Waals surface area contributed by atoms with Crippen LogP contribution in [0.15, 0.2) is 4.60 Å². The van der Waals surface area contributed by atoms with E-state index in [1.54, 1.807) is 11.6 Å². The number of aliphatic hydroxyl groups excluding tert-OH is 1. The number of carbonyl (C=O) groups excluding carboxylic acids is 1. The van der Waals surface area contributed by atoms with Gasteiger partial charge in [-0.1, -0.05) is 0 Å². The van der Waals surface area contributed by atoms with Crippen LogP contribution in [0.3, 0.4) is 0 Å². The Morgan fingerprint density at radius 2 is 2.53 bits per heavy atom. The smallest absolute Gasteiger partial charge is 0.346 e. The Kier molecular flexibility index (Phi) is 3.68. The molecule has 6 nitrogen and oxygen atoms in total. The Bertz CT molecular complexity index is 432. The average Bonchev–Trinajstić information content (AvgIpc) is 2.64. The van der Waals surface area contributed by atoms with Crippen LogP contribution in [-0.2, 0) is 11.3 Å². The van der Waals surface area contributed by atoms with Crippen LogP contribution in [0.4, 0.5) is 0 Å². The number of rotatable bonds is 3. The molecule has 0 bridgehead atoms. The first kappa shape index (κ1) is 12.4. The van der Waals surface area contributed by atoms with Gasteiger partial charge in [0.25, 0.3) is 0 Å². The minimum atomic E-state index is -0.455. The lowest BCUT2D eigenvalue weighted by Crippen LogP contribution is -2.28. The first-order valence-electron chi connectivity index (χ1n) is 5.34. The van der Waals surface area contributed by atoms with E-state index in [0.29, 0.717) is 35.8 Å². The number of ether oxygens (including phenoxy) is 2. The van der Waals surface area contributed by atoms with Gasteiger partial charge in [-0.3, -0.25) is 0 Å². The Morgan fingerprint density at radius 3 is 3.18 bits per heavy atom. The van der Waals surface area contributed by atoms with E-state index in [4.69, 9.17) is 14.6 Å². The lowest BCUT2D eigenvalue weighted by Gasteiger charge is -2.22. The number of aliphatic hydroxyl groups is 1. The van der Waals surface area contributed by atoms with E-state index in [-0.39, 0.29) is 12.5 Å². The number of nitrogens with zero attached hydrogens (tertiary/aromatic N) is 2. The zero-order chi connectivity index (χ0) is 12.4. The molecule has 1 atom stereocenters. The van der Waals surface area contributed by atoms with Gasteiger partial charge in [-0.15, -0.1) is 0 Å². The van der Waals surface area contributed by atoms with E-state index < -0.39 is 5.97 Å². The fourth-order valence-electron chi connectivity index (χ4n) is 1.67. The molecule has 0 saturated carbocycles. The van der Waals surface area contributed by atoms with Crippen molar-refractivity contribution in [2.45, 2.75) is 13.5 Å². The average molecular weight is 305 g/mol. The van der Waals surface area contributed by atoms with Crippen LogP contribution in [0.5, 0.6) is 5.88 Å². The summed E-state index contributed by atoms with van der Waals surface area (Å²) in [4.78, 5) is 11.7. The second-order valence-electron chi connectivity index (χ2n) is 3.73. The predicted octanol–water partition coefficient (Wildman–Crippen LogP) is 0.823. The number of aromatic nitrogens is 2. The second kappa shape index (κ2) is 5.05. The molecular weight excluding hydrogens is 292 g/mol. The van der Waals surface area contributed by atoms with Gasteiger partial charge in [0.15, 0.2) is 5.56 Å². The fourth-order valence-corrected chi connectivity index (χ4v) is 2.19. The molecule has 7 heteroatoms. The summed E-state index contributed by atoms with van der Waals surface area (Å²) in [6.07, 6.45) is 0. The van der Waals surface area contributed by atoms with Gasteiger partial charge in [-0.05, 0) is 22.9 Å². The van der Waals surface area contributed by atoms with Crippen molar-refractivity contribution in [3.8, 4) is 5.88 Å². The van der Waals surface area contributed by atoms with Crippen molar-refractivity contribution in [3.63, 3.8) is 0 Å². The maximum absolute atomic E-state index is 11.7. The third-order valence-electron chi connectivity index (χ3n) is 2.49. The molecule has 0 radical (unpaired) electrons. The normalized spacial score (nSPS) is 18.4. The summed E-state index contributed by atoms with van der Waals surface area (Å²) in [6, 6.07) is 0.